The monoisotopic (exact) mass is 403 g/mol. The van der Waals surface area contributed by atoms with Crippen LogP contribution in [0, 0.1) is 13.8 Å². The summed E-state index contributed by atoms with van der Waals surface area (Å²) in [5, 5.41) is 15.7. The maximum atomic E-state index is 13.3. The number of aromatic nitrogens is 1. The largest absolute Gasteiger partial charge is 0.390 e. The van der Waals surface area contributed by atoms with Gasteiger partial charge < -0.3 is 15.7 Å². The second kappa shape index (κ2) is 8.38. The molecule has 1 saturated heterocycles. The molecule has 2 heterocycles. The summed E-state index contributed by atoms with van der Waals surface area (Å²) in [5.41, 5.74) is 1.84. The van der Waals surface area contributed by atoms with Crippen LogP contribution in [0.1, 0.15) is 28.0 Å². The third-order valence-corrected chi connectivity index (χ3v) is 7.40. The van der Waals surface area contributed by atoms with Crippen molar-refractivity contribution in [1.82, 2.24) is 15.6 Å². The molecule has 3 atom stereocenters. The van der Waals surface area contributed by atoms with Gasteiger partial charge in [0.2, 0.25) is 0 Å². The van der Waals surface area contributed by atoms with Crippen molar-refractivity contribution in [3.05, 3.63) is 59.4 Å². The predicted octanol–water partition coefficient (Wildman–Crippen LogP) is 0.994. The molecular weight excluding hydrogens is 378 g/mol. The molecule has 1 fully saturated rings. The van der Waals surface area contributed by atoms with Crippen LogP contribution in [0.4, 0.5) is 0 Å². The molecule has 0 aliphatic carbocycles. The number of nitrogens with one attached hydrogen (secondary N) is 2. The van der Waals surface area contributed by atoms with Crippen molar-refractivity contribution >= 4 is 15.7 Å². The number of aliphatic hydroxyl groups excluding tert-OH is 1. The zero-order valence-electron chi connectivity index (χ0n) is 15.9. The molecule has 3 N–H and O–H groups in total. The van der Waals surface area contributed by atoms with E-state index in [2.05, 4.69) is 15.6 Å². The average Bonchev–Trinajstić information content (AvgIpc) is 2.84. The molecule has 8 heteroatoms. The Morgan fingerprint density at radius 2 is 2.04 bits per heavy atom. The fourth-order valence-corrected chi connectivity index (χ4v) is 5.63. The van der Waals surface area contributed by atoms with Gasteiger partial charge in [0, 0.05) is 12.7 Å². The van der Waals surface area contributed by atoms with E-state index in [9.17, 15) is 18.3 Å². The van der Waals surface area contributed by atoms with E-state index in [0.717, 1.165) is 5.56 Å². The van der Waals surface area contributed by atoms with Crippen molar-refractivity contribution in [2.45, 2.75) is 42.6 Å². The summed E-state index contributed by atoms with van der Waals surface area (Å²) in [5.74, 6) is -0.448. The first-order chi connectivity index (χ1) is 13.3. The van der Waals surface area contributed by atoms with Crippen LogP contribution in [0.25, 0.3) is 0 Å². The Bertz CT molecular complexity index is 947. The Morgan fingerprint density at radius 3 is 2.71 bits per heavy atom. The standard InChI is InChI=1S/C20H25N3O4S/c1-13-6-7-17(14(2)11-13)28(26,27)18-8-10-21-12-16(19(18)24)23-20(25)15-5-3-4-9-22-15/h3-7,9,11,16,18-19,21,24H,8,10,12H2,1-2H3,(H,23,25). The Kier molecular flexibility index (Phi) is 6.12. The Labute approximate surface area is 165 Å². The number of hydrogen-bond donors (Lipinski definition) is 3. The lowest BCUT2D eigenvalue weighted by molar-refractivity contribution is 0.0833. The van der Waals surface area contributed by atoms with E-state index < -0.39 is 33.1 Å². The van der Waals surface area contributed by atoms with Crippen LogP contribution >= 0.6 is 0 Å². The van der Waals surface area contributed by atoms with Gasteiger partial charge in [0.05, 0.1) is 22.3 Å². The summed E-state index contributed by atoms with van der Waals surface area (Å²) >= 11 is 0. The van der Waals surface area contributed by atoms with E-state index in [1.165, 1.54) is 6.20 Å². The van der Waals surface area contributed by atoms with Gasteiger partial charge in [0.15, 0.2) is 9.84 Å². The zero-order chi connectivity index (χ0) is 20.3. The van der Waals surface area contributed by atoms with E-state index in [1.807, 2.05) is 13.0 Å². The van der Waals surface area contributed by atoms with Crippen LogP contribution in [0.5, 0.6) is 0 Å². The Balaban J connectivity index is 1.86. The minimum atomic E-state index is -3.77. The number of sulfone groups is 1. The SMILES string of the molecule is Cc1ccc(S(=O)(=O)C2CCNCC(NC(=O)c3ccccn3)C2O)c(C)c1. The highest BCUT2D eigenvalue weighted by Gasteiger charge is 2.40. The topological polar surface area (TPSA) is 108 Å². The maximum absolute atomic E-state index is 13.3. The van der Waals surface area contributed by atoms with Crippen LogP contribution < -0.4 is 10.6 Å². The minimum absolute atomic E-state index is 0.215. The third kappa shape index (κ3) is 4.24. The molecule has 1 amide bonds. The van der Waals surface area contributed by atoms with Gasteiger partial charge >= 0.3 is 0 Å². The molecule has 3 rings (SSSR count). The zero-order valence-corrected chi connectivity index (χ0v) is 16.7. The molecule has 1 aliphatic rings. The highest BCUT2D eigenvalue weighted by atomic mass is 32.2. The first kappa shape index (κ1) is 20.4. The third-order valence-electron chi connectivity index (χ3n) is 5.01. The van der Waals surface area contributed by atoms with Crippen LogP contribution in [0.2, 0.25) is 0 Å². The second-order valence-electron chi connectivity index (χ2n) is 7.13. The van der Waals surface area contributed by atoms with E-state index in [4.69, 9.17) is 0 Å². The minimum Gasteiger partial charge on any atom is -0.390 e. The number of amides is 1. The van der Waals surface area contributed by atoms with Crippen molar-refractivity contribution in [2.75, 3.05) is 13.1 Å². The molecule has 0 radical (unpaired) electrons. The van der Waals surface area contributed by atoms with Gasteiger partial charge in [-0.1, -0.05) is 23.8 Å². The van der Waals surface area contributed by atoms with Gasteiger partial charge in [-0.05, 0) is 50.6 Å². The summed E-state index contributed by atoms with van der Waals surface area (Å²) < 4.78 is 26.5. The molecule has 7 nitrogen and oxygen atoms in total. The molecule has 1 aromatic carbocycles. The summed E-state index contributed by atoms with van der Waals surface area (Å²) in [4.78, 5) is 16.6. The maximum Gasteiger partial charge on any atom is 0.270 e. The number of hydrogen-bond acceptors (Lipinski definition) is 6. The van der Waals surface area contributed by atoms with Gasteiger partial charge in [0.25, 0.3) is 5.91 Å². The molecule has 0 bridgehead atoms. The highest BCUT2D eigenvalue weighted by Crippen LogP contribution is 2.27. The lowest BCUT2D eigenvalue weighted by atomic mass is 10.1. The normalized spacial score (nSPS) is 23.0. The molecule has 2 aromatic rings. The number of aryl methyl sites for hydroxylation is 2. The predicted molar refractivity (Wildman–Crippen MR) is 106 cm³/mol. The van der Waals surface area contributed by atoms with Crippen LogP contribution in [-0.4, -0.2) is 54.9 Å². The lowest BCUT2D eigenvalue weighted by Crippen LogP contribution is -2.52. The van der Waals surface area contributed by atoms with Crippen molar-refractivity contribution in [1.29, 1.82) is 0 Å². The summed E-state index contributed by atoms with van der Waals surface area (Å²) in [6.07, 6.45) is 0.519. The number of aliphatic hydroxyl groups is 1. The van der Waals surface area contributed by atoms with Gasteiger partial charge in [-0.2, -0.15) is 0 Å². The fraction of sp³-hybridized carbons (Fsp3) is 0.400. The fourth-order valence-electron chi connectivity index (χ4n) is 3.55. The van der Waals surface area contributed by atoms with Gasteiger partial charge in [-0.25, -0.2) is 8.42 Å². The Hall–Kier alpha value is -2.29. The Morgan fingerprint density at radius 1 is 1.25 bits per heavy atom. The van der Waals surface area contributed by atoms with Crippen molar-refractivity contribution in [3.8, 4) is 0 Å². The number of nitrogens with zero attached hydrogens (tertiary/aromatic N) is 1. The first-order valence-electron chi connectivity index (χ1n) is 9.22. The van der Waals surface area contributed by atoms with Gasteiger partial charge in [-0.15, -0.1) is 0 Å². The van der Waals surface area contributed by atoms with Crippen molar-refractivity contribution < 1.29 is 18.3 Å². The molecule has 1 aromatic heterocycles. The molecular formula is C20H25N3O4S. The first-order valence-corrected chi connectivity index (χ1v) is 10.8. The second-order valence-corrected chi connectivity index (χ2v) is 9.27. The smallest absolute Gasteiger partial charge is 0.270 e. The highest BCUT2D eigenvalue weighted by molar-refractivity contribution is 7.92. The van der Waals surface area contributed by atoms with Gasteiger partial charge in [0.1, 0.15) is 5.69 Å². The van der Waals surface area contributed by atoms with Crippen LogP contribution in [0.15, 0.2) is 47.5 Å². The molecule has 0 saturated carbocycles. The molecule has 0 spiro atoms. The van der Waals surface area contributed by atoms with Crippen LogP contribution in [-0.2, 0) is 9.84 Å². The molecule has 28 heavy (non-hydrogen) atoms. The number of carbonyl (C=O) groups excluding carboxylic acids is 1. The number of rotatable bonds is 4. The van der Waals surface area contributed by atoms with Crippen molar-refractivity contribution in [3.63, 3.8) is 0 Å². The molecule has 1 aliphatic heterocycles. The van der Waals surface area contributed by atoms with E-state index in [-0.39, 0.29) is 23.6 Å². The number of carbonyl (C=O) groups is 1. The summed E-state index contributed by atoms with van der Waals surface area (Å²) in [7, 11) is -3.77. The van der Waals surface area contributed by atoms with Crippen LogP contribution in [0.3, 0.4) is 0 Å². The van der Waals surface area contributed by atoms with Crippen molar-refractivity contribution in [2.24, 2.45) is 0 Å². The van der Waals surface area contributed by atoms with E-state index in [1.54, 1.807) is 37.3 Å². The lowest BCUT2D eigenvalue weighted by Gasteiger charge is -2.28. The quantitative estimate of drug-likeness (QED) is 0.703. The van der Waals surface area contributed by atoms with E-state index in [0.29, 0.717) is 12.1 Å². The average molecular weight is 404 g/mol. The molecule has 150 valence electrons. The summed E-state index contributed by atoms with van der Waals surface area (Å²) in [6.45, 7) is 4.36. The van der Waals surface area contributed by atoms with E-state index >= 15 is 0 Å². The number of pyridine rings is 1. The summed E-state index contributed by atoms with van der Waals surface area (Å²) in [6, 6.07) is 9.36. The molecule has 3 unspecified atom stereocenters. The number of benzene rings is 1. The van der Waals surface area contributed by atoms with Gasteiger partial charge in [-0.3, -0.25) is 9.78 Å².